The van der Waals surface area contributed by atoms with Crippen molar-refractivity contribution in [2.45, 2.75) is 25.4 Å². The molecule has 0 aliphatic heterocycles. The van der Waals surface area contributed by atoms with Crippen LogP contribution in [0.1, 0.15) is 28.8 Å². The summed E-state index contributed by atoms with van der Waals surface area (Å²) >= 11 is 0. The van der Waals surface area contributed by atoms with Crippen LogP contribution in [0, 0.1) is 5.92 Å². The van der Waals surface area contributed by atoms with Gasteiger partial charge in [-0.2, -0.15) is 0 Å². The maximum atomic E-state index is 12.3. The van der Waals surface area contributed by atoms with Crippen molar-refractivity contribution >= 4 is 5.91 Å². The number of ether oxygens (including phenoxy) is 1. The van der Waals surface area contributed by atoms with E-state index >= 15 is 0 Å². The van der Waals surface area contributed by atoms with E-state index in [0.717, 1.165) is 37.1 Å². The van der Waals surface area contributed by atoms with Gasteiger partial charge in [0.25, 0.3) is 5.91 Å². The van der Waals surface area contributed by atoms with Crippen molar-refractivity contribution in [3.05, 3.63) is 35.4 Å². The zero-order valence-corrected chi connectivity index (χ0v) is 12.6. The Labute approximate surface area is 121 Å². The molecule has 110 valence electrons. The predicted molar refractivity (Wildman–Crippen MR) is 79.7 cm³/mol. The van der Waals surface area contributed by atoms with Crippen LogP contribution in [0.4, 0.5) is 0 Å². The molecular formula is C16H24N2O2. The summed E-state index contributed by atoms with van der Waals surface area (Å²) in [4.78, 5) is 14.4. The first-order valence-corrected chi connectivity index (χ1v) is 7.13. The summed E-state index contributed by atoms with van der Waals surface area (Å²) in [6.45, 7) is 1.57. The molecule has 1 aromatic carbocycles. The Morgan fingerprint density at radius 2 is 2.20 bits per heavy atom. The van der Waals surface area contributed by atoms with E-state index < -0.39 is 0 Å². The van der Waals surface area contributed by atoms with Crippen LogP contribution in [0.2, 0.25) is 0 Å². The van der Waals surface area contributed by atoms with Gasteiger partial charge in [-0.1, -0.05) is 12.1 Å². The number of carbonyl (C=O) groups excluding carboxylic acids is 1. The fourth-order valence-electron chi connectivity index (χ4n) is 2.60. The molecule has 0 saturated heterocycles. The smallest absolute Gasteiger partial charge is 0.251 e. The van der Waals surface area contributed by atoms with Gasteiger partial charge in [0, 0.05) is 31.2 Å². The molecule has 0 spiro atoms. The fourth-order valence-corrected chi connectivity index (χ4v) is 2.60. The normalized spacial score (nSPS) is 21.6. The number of nitrogens with one attached hydrogen (secondary N) is 1. The van der Waals surface area contributed by atoms with Gasteiger partial charge in [-0.15, -0.1) is 0 Å². The molecule has 1 saturated carbocycles. The van der Waals surface area contributed by atoms with E-state index in [1.54, 1.807) is 7.11 Å². The fraction of sp³-hybridized carbons (Fsp3) is 0.562. The summed E-state index contributed by atoms with van der Waals surface area (Å²) in [6.07, 6.45) is 2.19. The van der Waals surface area contributed by atoms with Gasteiger partial charge in [0.1, 0.15) is 0 Å². The molecule has 0 heterocycles. The number of carbonyl (C=O) groups is 1. The van der Waals surface area contributed by atoms with E-state index in [4.69, 9.17) is 4.74 Å². The van der Waals surface area contributed by atoms with Gasteiger partial charge in [-0.05, 0) is 44.6 Å². The minimum Gasteiger partial charge on any atom is -0.384 e. The van der Waals surface area contributed by atoms with Crippen molar-refractivity contribution in [2.75, 3.05) is 27.8 Å². The SMILES string of the molecule is COC[C@H]1CC[C@H]1NC(=O)c1cccc(CN(C)C)c1. The third-order valence-electron chi connectivity index (χ3n) is 3.80. The van der Waals surface area contributed by atoms with Crippen molar-refractivity contribution in [3.63, 3.8) is 0 Å². The van der Waals surface area contributed by atoms with E-state index in [2.05, 4.69) is 10.2 Å². The lowest BCUT2D eigenvalue weighted by Crippen LogP contribution is -2.48. The zero-order valence-electron chi connectivity index (χ0n) is 12.6. The molecule has 1 amide bonds. The Bertz CT molecular complexity index is 460. The third kappa shape index (κ3) is 3.81. The highest BCUT2D eigenvalue weighted by atomic mass is 16.5. The first-order valence-electron chi connectivity index (χ1n) is 7.13. The van der Waals surface area contributed by atoms with Gasteiger partial charge in [0.15, 0.2) is 0 Å². The summed E-state index contributed by atoms with van der Waals surface area (Å²) in [6, 6.07) is 8.10. The molecule has 0 aromatic heterocycles. The molecule has 0 unspecified atom stereocenters. The summed E-state index contributed by atoms with van der Waals surface area (Å²) in [7, 11) is 5.76. The second kappa shape index (κ2) is 6.86. The van der Waals surface area contributed by atoms with Crippen LogP contribution in [0.25, 0.3) is 0 Å². The van der Waals surface area contributed by atoms with E-state index in [9.17, 15) is 4.79 Å². The number of hydrogen-bond donors (Lipinski definition) is 1. The highest BCUT2D eigenvalue weighted by Gasteiger charge is 2.31. The summed E-state index contributed by atoms with van der Waals surface area (Å²) < 4.78 is 5.17. The lowest BCUT2D eigenvalue weighted by Gasteiger charge is -2.36. The molecule has 1 aliphatic rings. The highest BCUT2D eigenvalue weighted by molar-refractivity contribution is 5.94. The Morgan fingerprint density at radius 1 is 1.40 bits per heavy atom. The Balaban J connectivity index is 1.95. The maximum absolute atomic E-state index is 12.3. The number of rotatable bonds is 6. The van der Waals surface area contributed by atoms with Gasteiger partial charge in [-0.25, -0.2) is 0 Å². The Morgan fingerprint density at radius 3 is 2.80 bits per heavy atom. The van der Waals surface area contributed by atoms with E-state index in [1.807, 2.05) is 38.4 Å². The van der Waals surface area contributed by atoms with Crippen molar-refractivity contribution < 1.29 is 9.53 Å². The third-order valence-corrected chi connectivity index (χ3v) is 3.80. The topological polar surface area (TPSA) is 41.6 Å². The minimum atomic E-state index is 0.0245. The van der Waals surface area contributed by atoms with Gasteiger partial charge in [-0.3, -0.25) is 4.79 Å². The predicted octanol–water partition coefficient (Wildman–Crippen LogP) is 1.90. The average molecular weight is 276 g/mol. The molecule has 2 atom stereocenters. The number of hydrogen-bond acceptors (Lipinski definition) is 3. The second-order valence-corrected chi connectivity index (χ2v) is 5.81. The minimum absolute atomic E-state index is 0.0245. The maximum Gasteiger partial charge on any atom is 0.251 e. The van der Waals surface area contributed by atoms with Crippen molar-refractivity contribution in [1.29, 1.82) is 0 Å². The quantitative estimate of drug-likeness (QED) is 0.863. The van der Waals surface area contributed by atoms with Crippen LogP contribution >= 0.6 is 0 Å². The van der Waals surface area contributed by atoms with Crippen LogP contribution in [0.3, 0.4) is 0 Å². The summed E-state index contributed by atoms with van der Waals surface area (Å²) in [5.74, 6) is 0.491. The van der Waals surface area contributed by atoms with E-state index in [-0.39, 0.29) is 11.9 Å². The van der Waals surface area contributed by atoms with Crippen LogP contribution in [0.15, 0.2) is 24.3 Å². The largest absolute Gasteiger partial charge is 0.384 e. The molecule has 0 radical (unpaired) electrons. The molecule has 1 aromatic rings. The molecule has 4 heteroatoms. The van der Waals surface area contributed by atoms with Gasteiger partial charge < -0.3 is 15.0 Å². The van der Waals surface area contributed by atoms with Gasteiger partial charge >= 0.3 is 0 Å². The number of benzene rings is 1. The number of nitrogens with zero attached hydrogens (tertiary/aromatic N) is 1. The van der Waals surface area contributed by atoms with Crippen LogP contribution in [-0.2, 0) is 11.3 Å². The molecule has 4 nitrogen and oxygen atoms in total. The molecule has 20 heavy (non-hydrogen) atoms. The molecule has 1 N–H and O–H groups in total. The lowest BCUT2D eigenvalue weighted by molar-refractivity contribution is 0.0670. The number of amides is 1. The van der Waals surface area contributed by atoms with Crippen molar-refractivity contribution in [3.8, 4) is 0 Å². The van der Waals surface area contributed by atoms with Gasteiger partial charge in [0.05, 0.1) is 6.61 Å². The van der Waals surface area contributed by atoms with Crippen LogP contribution in [0.5, 0.6) is 0 Å². The zero-order chi connectivity index (χ0) is 14.5. The first kappa shape index (κ1) is 15.0. The standard InChI is InChI=1S/C16H24N2O2/c1-18(2)10-12-5-4-6-13(9-12)16(19)17-15-8-7-14(15)11-20-3/h4-6,9,14-15H,7-8,10-11H2,1-3H3,(H,17,19)/t14-,15-/m1/s1. The molecule has 1 fully saturated rings. The van der Waals surface area contributed by atoms with E-state index in [1.165, 1.54) is 0 Å². The van der Waals surface area contributed by atoms with Gasteiger partial charge in [0.2, 0.25) is 0 Å². The molecule has 1 aliphatic carbocycles. The van der Waals surface area contributed by atoms with Crippen molar-refractivity contribution in [1.82, 2.24) is 10.2 Å². The molecule has 2 rings (SSSR count). The second-order valence-electron chi connectivity index (χ2n) is 5.81. The lowest BCUT2D eigenvalue weighted by atomic mass is 9.80. The average Bonchev–Trinajstić information content (AvgIpc) is 2.40. The highest BCUT2D eigenvalue weighted by Crippen LogP contribution is 2.27. The number of methoxy groups -OCH3 is 1. The summed E-state index contributed by atoms with van der Waals surface area (Å²) in [5.41, 5.74) is 1.90. The first-order chi connectivity index (χ1) is 9.60. The van der Waals surface area contributed by atoms with Crippen molar-refractivity contribution in [2.24, 2.45) is 5.92 Å². The molecule has 0 bridgehead atoms. The Kier molecular flexibility index (Phi) is 5.15. The van der Waals surface area contributed by atoms with Crippen LogP contribution in [-0.4, -0.2) is 44.7 Å². The van der Waals surface area contributed by atoms with Crippen LogP contribution < -0.4 is 5.32 Å². The van der Waals surface area contributed by atoms with E-state index in [0.29, 0.717) is 5.92 Å². The summed E-state index contributed by atoms with van der Waals surface area (Å²) in [5, 5.41) is 3.12. The monoisotopic (exact) mass is 276 g/mol. The molecular weight excluding hydrogens is 252 g/mol. The Hall–Kier alpha value is -1.39.